The third-order valence-electron chi connectivity index (χ3n) is 3.13. The molecule has 0 saturated heterocycles. The Labute approximate surface area is 122 Å². The molecule has 0 aliphatic carbocycles. The molecule has 0 aliphatic heterocycles. The first-order valence-electron chi connectivity index (χ1n) is 6.38. The molecule has 0 aromatic heterocycles. The van der Waals surface area contributed by atoms with E-state index in [-0.39, 0.29) is 0 Å². The van der Waals surface area contributed by atoms with Crippen molar-refractivity contribution < 1.29 is 4.74 Å². The molecule has 0 fully saturated rings. The maximum absolute atomic E-state index is 5.36. The topological polar surface area (TPSA) is 21.3 Å². The summed E-state index contributed by atoms with van der Waals surface area (Å²) in [5, 5.41) is 3.44. The van der Waals surface area contributed by atoms with Gasteiger partial charge in [0.15, 0.2) is 0 Å². The quantitative estimate of drug-likeness (QED) is 0.867. The molecule has 0 saturated carbocycles. The van der Waals surface area contributed by atoms with E-state index in [0.29, 0.717) is 0 Å². The van der Waals surface area contributed by atoms with Crippen LogP contribution in [-0.2, 0) is 13.0 Å². The highest BCUT2D eigenvalue weighted by molar-refractivity contribution is 9.10. The van der Waals surface area contributed by atoms with Gasteiger partial charge >= 0.3 is 0 Å². The van der Waals surface area contributed by atoms with Crippen LogP contribution in [0.2, 0.25) is 0 Å². The van der Waals surface area contributed by atoms with Crippen molar-refractivity contribution in [2.24, 2.45) is 0 Å². The van der Waals surface area contributed by atoms with Crippen molar-refractivity contribution in [2.75, 3.05) is 12.4 Å². The van der Waals surface area contributed by atoms with Crippen LogP contribution in [0.15, 0.2) is 46.9 Å². The van der Waals surface area contributed by atoms with Gasteiger partial charge in [-0.15, -0.1) is 0 Å². The molecule has 2 nitrogen and oxygen atoms in total. The van der Waals surface area contributed by atoms with Gasteiger partial charge in [-0.2, -0.15) is 0 Å². The molecule has 0 spiro atoms. The Morgan fingerprint density at radius 1 is 1.11 bits per heavy atom. The molecule has 0 bridgehead atoms. The molecule has 1 N–H and O–H groups in total. The van der Waals surface area contributed by atoms with Gasteiger partial charge in [-0.25, -0.2) is 0 Å². The van der Waals surface area contributed by atoms with Crippen molar-refractivity contribution in [3.8, 4) is 5.75 Å². The maximum atomic E-state index is 5.36. The van der Waals surface area contributed by atoms with Gasteiger partial charge in [0.1, 0.15) is 5.75 Å². The van der Waals surface area contributed by atoms with E-state index >= 15 is 0 Å². The molecule has 0 heterocycles. The zero-order valence-electron chi connectivity index (χ0n) is 11.2. The number of ether oxygens (including phenoxy) is 1. The summed E-state index contributed by atoms with van der Waals surface area (Å²) in [6, 6.07) is 14.5. The van der Waals surface area contributed by atoms with Gasteiger partial charge in [0.2, 0.25) is 0 Å². The molecule has 0 amide bonds. The Bertz CT molecular complexity index is 554. The van der Waals surface area contributed by atoms with Gasteiger partial charge in [0.05, 0.1) is 12.8 Å². The summed E-state index contributed by atoms with van der Waals surface area (Å²) in [7, 11) is 1.69. The number of nitrogens with one attached hydrogen (secondary N) is 1. The number of benzene rings is 2. The van der Waals surface area contributed by atoms with Crippen LogP contribution >= 0.6 is 15.9 Å². The summed E-state index contributed by atoms with van der Waals surface area (Å²) in [4.78, 5) is 0. The first-order valence-corrected chi connectivity index (χ1v) is 7.18. The van der Waals surface area contributed by atoms with E-state index < -0.39 is 0 Å². The second kappa shape index (κ2) is 6.62. The van der Waals surface area contributed by atoms with Crippen LogP contribution in [0.25, 0.3) is 0 Å². The third kappa shape index (κ3) is 3.51. The second-order valence-electron chi connectivity index (χ2n) is 4.32. The van der Waals surface area contributed by atoms with Crippen molar-refractivity contribution in [2.45, 2.75) is 19.9 Å². The summed E-state index contributed by atoms with van der Waals surface area (Å²) < 4.78 is 6.40. The normalized spacial score (nSPS) is 10.3. The molecular weight excluding hydrogens is 302 g/mol. The molecule has 2 aromatic carbocycles. The number of aryl methyl sites for hydroxylation is 1. The SMILES string of the molecule is CCc1ccccc1CNc1cc(Br)ccc1OC. The lowest BCUT2D eigenvalue weighted by Gasteiger charge is -2.13. The monoisotopic (exact) mass is 319 g/mol. The van der Waals surface area contributed by atoms with Crippen LogP contribution in [0, 0.1) is 0 Å². The summed E-state index contributed by atoms with van der Waals surface area (Å²) in [5.74, 6) is 0.858. The van der Waals surface area contributed by atoms with Gasteiger partial charge in [-0.1, -0.05) is 47.1 Å². The van der Waals surface area contributed by atoms with E-state index in [1.165, 1.54) is 11.1 Å². The molecule has 100 valence electrons. The van der Waals surface area contributed by atoms with Gasteiger partial charge in [0, 0.05) is 11.0 Å². The van der Waals surface area contributed by atoms with Crippen molar-refractivity contribution in [1.29, 1.82) is 0 Å². The average Bonchev–Trinajstić information content (AvgIpc) is 2.45. The predicted molar refractivity (Wildman–Crippen MR) is 83.8 cm³/mol. The predicted octanol–water partition coefficient (Wildman–Crippen LogP) is 4.63. The van der Waals surface area contributed by atoms with E-state index in [4.69, 9.17) is 4.74 Å². The minimum atomic E-state index is 0.802. The maximum Gasteiger partial charge on any atom is 0.142 e. The Morgan fingerprint density at radius 3 is 2.53 bits per heavy atom. The van der Waals surface area contributed by atoms with Gasteiger partial charge in [0.25, 0.3) is 0 Å². The van der Waals surface area contributed by atoms with E-state index in [9.17, 15) is 0 Å². The fraction of sp³-hybridized carbons (Fsp3) is 0.250. The molecule has 19 heavy (non-hydrogen) atoms. The Kier molecular flexibility index (Phi) is 4.86. The van der Waals surface area contributed by atoms with E-state index in [0.717, 1.165) is 28.9 Å². The first-order chi connectivity index (χ1) is 9.24. The number of rotatable bonds is 5. The zero-order chi connectivity index (χ0) is 13.7. The lowest BCUT2D eigenvalue weighted by atomic mass is 10.1. The van der Waals surface area contributed by atoms with Crippen molar-refractivity contribution in [1.82, 2.24) is 0 Å². The molecular formula is C16H18BrNO. The highest BCUT2D eigenvalue weighted by Gasteiger charge is 2.05. The molecule has 0 atom stereocenters. The smallest absolute Gasteiger partial charge is 0.142 e. The van der Waals surface area contributed by atoms with Crippen LogP contribution < -0.4 is 10.1 Å². The molecule has 3 heteroatoms. The molecule has 0 unspecified atom stereocenters. The first kappa shape index (κ1) is 13.9. The number of anilines is 1. The highest BCUT2D eigenvalue weighted by atomic mass is 79.9. The summed E-state index contributed by atoms with van der Waals surface area (Å²) in [6.07, 6.45) is 1.05. The van der Waals surface area contributed by atoms with E-state index in [1.807, 2.05) is 18.2 Å². The molecule has 0 radical (unpaired) electrons. The molecule has 2 aromatic rings. The number of hydrogen-bond donors (Lipinski definition) is 1. The third-order valence-corrected chi connectivity index (χ3v) is 3.62. The highest BCUT2D eigenvalue weighted by Crippen LogP contribution is 2.28. The van der Waals surface area contributed by atoms with Gasteiger partial charge in [-0.05, 0) is 35.7 Å². The minimum Gasteiger partial charge on any atom is -0.495 e. The summed E-state index contributed by atoms with van der Waals surface area (Å²) >= 11 is 3.48. The number of methoxy groups -OCH3 is 1. The van der Waals surface area contributed by atoms with Crippen molar-refractivity contribution in [3.63, 3.8) is 0 Å². The lowest BCUT2D eigenvalue weighted by Crippen LogP contribution is -2.03. The van der Waals surface area contributed by atoms with Crippen molar-refractivity contribution >= 4 is 21.6 Å². The summed E-state index contributed by atoms with van der Waals surface area (Å²) in [5.41, 5.74) is 3.71. The van der Waals surface area contributed by atoms with Crippen molar-refractivity contribution in [3.05, 3.63) is 58.1 Å². The lowest BCUT2D eigenvalue weighted by molar-refractivity contribution is 0.416. The van der Waals surface area contributed by atoms with Crippen LogP contribution in [0.3, 0.4) is 0 Å². The Balaban J connectivity index is 2.16. The summed E-state index contributed by atoms with van der Waals surface area (Å²) in [6.45, 7) is 2.98. The fourth-order valence-corrected chi connectivity index (χ4v) is 2.44. The number of halogens is 1. The zero-order valence-corrected chi connectivity index (χ0v) is 12.8. The van der Waals surface area contributed by atoms with Gasteiger partial charge in [-0.3, -0.25) is 0 Å². The Morgan fingerprint density at radius 2 is 1.84 bits per heavy atom. The van der Waals surface area contributed by atoms with E-state index in [1.54, 1.807) is 7.11 Å². The van der Waals surface area contributed by atoms with Crippen LogP contribution in [-0.4, -0.2) is 7.11 Å². The van der Waals surface area contributed by atoms with Crippen LogP contribution in [0.4, 0.5) is 5.69 Å². The fourth-order valence-electron chi connectivity index (χ4n) is 2.08. The second-order valence-corrected chi connectivity index (χ2v) is 5.24. The van der Waals surface area contributed by atoms with Crippen LogP contribution in [0.1, 0.15) is 18.1 Å². The standard InChI is InChI=1S/C16H18BrNO/c1-3-12-6-4-5-7-13(12)11-18-15-10-14(17)8-9-16(15)19-2/h4-10,18H,3,11H2,1-2H3. The Hall–Kier alpha value is -1.48. The minimum absolute atomic E-state index is 0.802. The molecule has 2 rings (SSSR count). The largest absolute Gasteiger partial charge is 0.495 e. The molecule has 0 aliphatic rings. The van der Waals surface area contributed by atoms with Gasteiger partial charge < -0.3 is 10.1 Å². The number of hydrogen-bond acceptors (Lipinski definition) is 2. The van der Waals surface area contributed by atoms with E-state index in [2.05, 4.69) is 52.4 Å². The average molecular weight is 320 g/mol. The van der Waals surface area contributed by atoms with Crippen LogP contribution in [0.5, 0.6) is 5.75 Å².